The van der Waals surface area contributed by atoms with Gasteiger partial charge in [-0.05, 0) is 54.4 Å². The molecule has 0 aliphatic heterocycles. The van der Waals surface area contributed by atoms with E-state index in [-0.39, 0.29) is 0 Å². The summed E-state index contributed by atoms with van der Waals surface area (Å²) in [4.78, 5) is 13.0. The van der Waals surface area contributed by atoms with Crippen molar-refractivity contribution in [1.29, 1.82) is 0 Å². The molecule has 3 nitrogen and oxygen atoms in total. The second-order valence-corrected chi connectivity index (χ2v) is 5.61. The van der Waals surface area contributed by atoms with E-state index in [1.807, 2.05) is 18.2 Å². The highest BCUT2D eigenvalue weighted by atomic mass is 16.3. The lowest BCUT2D eigenvalue weighted by Gasteiger charge is -2.36. The SMILES string of the molecule is O=Nc1ccc(N(c2ccccc2)C2CCCCC2)cc1. The molecule has 0 radical (unpaired) electrons. The molecule has 0 spiro atoms. The van der Waals surface area contributed by atoms with E-state index in [1.54, 1.807) is 12.1 Å². The van der Waals surface area contributed by atoms with Crippen molar-refractivity contribution in [2.24, 2.45) is 5.18 Å². The van der Waals surface area contributed by atoms with E-state index in [2.05, 4.69) is 34.3 Å². The fraction of sp³-hybridized carbons (Fsp3) is 0.333. The number of rotatable bonds is 4. The van der Waals surface area contributed by atoms with E-state index < -0.39 is 0 Å². The number of benzene rings is 2. The Labute approximate surface area is 125 Å². The average Bonchev–Trinajstić information content (AvgIpc) is 2.58. The summed E-state index contributed by atoms with van der Waals surface area (Å²) in [6.07, 6.45) is 6.38. The molecule has 3 heteroatoms. The normalized spacial score (nSPS) is 15.6. The molecular formula is C18H20N2O. The van der Waals surface area contributed by atoms with Gasteiger partial charge in [0.25, 0.3) is 0 Å². The number of anilines is 2. The van der Waals surface area contributed by atoms with Crippen molar-refractivity contribution >= 4 is 17.1 Å². The van der Waals surface area contributed by atoms with Crippen LogP contribution >= 0.6 is 0 Å². The van der Waals surface area contributed by atoms with Crippen molar-refractivity contribution in [2.45, 2.75) is 38.1 Å². The van der Waals surface area contributed by atoms with Gasteiger partial charge in [0.2, 0.25) is 0 Å². The van der Waals surface area contributed by atoms with E-state index in [0.717, 1.165) is 5.69 Å². The quantitative estimate of drug-likeness (QED) is 0.687. The highest BCUT2D eigenvalue weighted by Crippen LogP contribution is 2.34. The van der Waals surface area contributed by atoms with Gasteiger partial charge in [0.1, 0.15) is 5.69 Å². The molecule has 1 aliphatic rings. The summed E-state index contributed by atoms with van der Waals surface area (Å²) in [6, 6.07) is 18.6. The minimum Gasteiger partial charge on any atom is -0.338 e. The predicted molar refractivity (Wildman–Crippen MR) is 87.4 cm³/mol. The van der Waals surface area contributed by atoms with Gasteiger partial charge in [0.15, 0.2) is 0 Å². The van der Waals surface area contributed by atoms with Crippen LogP contribution in [0, 0.1) is 4.91 Å². The molecule has 0 aromatic heterocycles. The molecular weight excluding hydrogens is 260 g/mol. The Morgan fingerprint density at radius 3 is 2.05 bits per heavy atom. The third kappa shape index (κ3) is 3.13. The summed E-state index contributed by atoms with van der Waals surface area (Å²) >= 11 is 0. The Balaban J connectivity index is 1.96. The molecule has 21 heavy (non-hydrogen) atoms. The van der Waals surface area contributed by atoms with Crippen molar-refractivity contribution in [2.75, 3.05) is 4.90 Å². The Hall–Kier alpha value is -2.16. The van der Waals surface area contributed by atoms with E-state index in [9.17, 15) is 4.91 Å². The van der Waals surface area contributed by atoms with Gasteiger partial charge in [0, 0.05) is 17.4 Å². The van der Waals surface area contributed by atoms with E-state index in [1.165, 1.54) is 37.8 Å². The monoisotopic (exact) mass is 280 g/mol. The van der Waals surface area contributed by atoms with Crippen LogP contribution in [0.4, 0.5) is 17.1 Å². The van der Waals surface area contributed by atoms with Crippen molar-refractivity contribution in [3.05, 3.63) is 59.5 Å². The molecule has 2 aromatic carbocycles. The molecule has 0 atom stereocenters. The van der Waals surface area contributed by atoms with E-state index >= 15 is 0 Å². The molecule has 0 amide bonds. The minimum absolute atomic E-state index is 0.482. The van der Waals surface area contributed by atoms with Gasteiger partial charge in [-0.3, -0.25) is 0 Å². The largest absolute Gasteiger partial charge is 0.338 e. The zero-order chi connectivity index (χ0) is 14.5. The summed E-state index contributed by atoms with van der Waals surface area (Å²) in [5.74, 6) is 0. The van der Waals surface area contributed by atoms with E-state index in [0.29, 0.717) is 11.7 Å². The van der Waals surface area contributed by atoms with Gasteiger partial charge in [-0.15, -0.1) is 4.91 Å². The van der Waals surface area contributed by atoms with Crippen LogP contribution in [-0.4, -0.2) is 6.04 Å². The fourth-order valence-corrected chi connectivity index (χ4v) is 3.17. The van der Waals surface area contributed by atoms with Crippen LogP contribution in [0.5, 0.6) is 0 Å². The molecule has 3 rings (SSSR count). The maximum Gasteiger partial charge on any atom is 0.108 e. The topological polar surface area (TPSA) is 32.7 Å². The second-order valence-electron chi connectivity index (χ2n) is 5.61. The summed E-state index contributed by atoms with van der Waals surface area (Å²) in [6.45, 7) is 0. The van der Waals surface area contributed by atoms with Gasteiger partial charge in [0.05, 0.1) is 0 Å². The van der Waals surface area contributed by atoms with Crippen LogP contribution in [0.15, 0.2) is 59.8 Å². The highest BCUT2D eigenvalue weighted by Gasteiger charge is 2.22. The van der Waals surface area contributed by atoms with Crippen LogP contribution in [0.2, 0.25) is 0 Å². The van der Waals surface area contributed by atoms with Gasteiger partial charge < -0.3 is 4.90 Å². The van der Waals surface area contributed by atoms with Gasteiger partial charge in [-0.25, -0.2) is 0 Å². The predicted octanol–water partition coefficient (Wildman–Crippen LogP) is 5.56. The lowest BCUT2D eigenvalue weighted by molar-refractivity contribution is 0.436. The minimum atomic E-state index is 0.482. The third-order valence-corrected chi connectivity index (χ3v) is 4.21. The van der Waals surface area contributed by atoms with Crippen molar-refractivity contribution in [1.82, 2.24) is 0 Å². The smallest absolute Gasteiger partial charge is 0.108 e. The molecule has 2 aromatic rings. The Morgan fingerprint density at radius 2 is 1.43 bits per heavy atom. The number of para-hydroxylation sites is 1. The second kappa shape index (κ2) is 6.53. The lowest BCUT2D eigenvalue weighted by Crippen LogP contribution is -2.32. The molecule has 108 valence electrons. The molecule has 0 unspecified atom stereocenters. The van der Waals surface area contributed by atoms with Crippen LogP contribution in [0.25, 0.3) is 0 Å². The molecule has 1 fully saturated rings. The number of hydrogen-bond donors (Lipinski definition) is 0. The van der Waals surface area contributed by atoms with Gasteiger partial charge in [-0.2, -0.15) is 0 Å². The molecule has 1 saturated carbocycles. The molecule has 0 bridgehead atoms. The van der Waals surface area contributed by atoms with Crippen LogP contribution in [0.1, 0.15) is 32.1 Å². The summed E-state index contributed by atoms with van der Waals surface area (Å²) in [5, 5.41) is 2.99. The van der Waals surface area contributed by atoms with Crippen LogP contribution < -0.4 is 4.90 Å². The highest BCUT2D eigenvalue weighted by molar-refractivity contribution is 5.65. The average molecular weight is 280 g/mol. The maximum atomic E-state index is 10.6. The Kier molecular flexibility index (Phi) is 4.29. The van der Waals surface area contributed by atoms with Crippen molar-refractivity contribution in [3.63, 3.8) is 0 Å². The summed E-state index contributed by atoms with van der Waals surface area (Å²) < 4.78 is 0. The zero-order valence-corrected chi connectivity index (χ0v) is 12.1. The lowest BCUT2D eigenvalue weighted by atomic mass is 9.93. The fourth-order valence-electron chi connectivity index (χ4n) is 3.17. The van der Waals surface area contributed by atoms with Crippen molar-refractivity contribution < 1.29 is 0 Å². The molecule has 0 N–H and O–H groups in total. The Bertz CT molecular complexity index is 574. The number of nitroso groups, excluding NO2 is 1. The third-order valence-electron chi connectivity index (χ3n) is 4.21. The maximum absolute atomic E-state index is 10.6. The molecule has 0 saturated heterocycles. The molecule has 0 heterocycles. The van der Waals surface area contributed by atoms with Crippen LogP contribution in [0.3, 0.4) is 0 Å². The Morgan fingerprint density at radius 1 is 0.810 bits per heavy atom. The standard InChI is InChI=1S/C18H20N2O/c21-19-15-11-13-18(14-12-15)20(16-7-3-1-4-8-16)17-9-5-2-6-10-17/h1,3-4,7-8,11-14,17H,2,5-6,9-10H2. The van der Waals surface area contributed by atoms with Crippen molar-refractivity contribution in [3.8, 4) is 0 Å². The zero-order valence-electron chi connectivity index (χ0n) is 12.1. The number of hydrogen-bond acceptors (Lipinski definition) is 3. The van der Waals surface area contributed by atoms with Gasteiger partial charge in [-0.1, -0.05) is 37.5 Å². The molecule has 1 aliphatic carbocycles. The first-order valence-corrected chi connectivity index (χ1v) is 7.66. The first-order valence-electron chi connectivity index (χ1n) is 7.66. The summed E-state index contributed by atoms with van der Waals surface area (Å²) in [7, 11) is 0. The van der Waals surface area contributed by atoms with E-state index in [4.69, 9.17) is 0 Å². The van der Waals surface area contributed by atoms with Crippen LogP contribution in [-0.2, 0) is 0 Å². The first-order chi connectivity index (χ1) is 10.4. The summed E-state index contributed by atoms with van der Waals surface area (Å²) in [5.41, 5.74) is 2.84. The van der Waals surface area contributed by atoms with Gasteiger partial charge >= 0.3 is 0 Å². The first kappa shape index (κ1) is 13.8. The number of nitrogens with zero attached hydrogens (tertiary/aromatic N) is 2.